The largest absolute Gasteiger partial charge is 0.384 e. The molecule has 1 aromatic heterocycles. The Morgan fingerprint density at radius 2 is 2.19 bits per heavy atom. The number of benzene rings is 1. The quantitative estimate of drug-likeness (QED) is 0.698. The van der Waals surface area contributed by atoms with Gasteiger partial charge >= 0.3 is 0 Å². The van der Waals surface area contributed by atoms with Crippen LogP contribution < -0.4 is 5.73 Å². The fraction of sp³-hybridized carbons (Fsp3) is 0.0909. The van der Waals surface area contributed by atoms with E-state index < -0.39 is 0 Å². The summed E-state index contributed by atoms with van der Waals surface area (Å²) < 4.78 is 1.08. The van der Waals surface area contributed by atoms with Gasteiger partial charge in [0, 0.05) is 16.4 Å². The zero-order chi connectivity index (χ0) is 11.4. The molecule has 0 bridgehead atoms. The Balaban J connectivity index is 2.02. The summed E-state index contributed by atoms with van der Waals surface area (Å²) in [5.41, 5.74) is 6.81. The van der Waals surface area contributed by atoms with Gasteiger partial charge in [0.2, 0.25) is 0 Å². The Bertz CT molecular complexity index is 445. The van der Waals surface area contributed by atoms with E-state index >= 15 is 0 Å². The Morgan fingerprint density at radius 3 is 2.94 bits per heavy atom. The third kappa shape index (κ3) is 3.21. The molecular formula is C11H10BrN3S. The van der Waals surface area contributed by atoms with Crippen LogP contribution in [-0.4, -0.2) is 9.97 Å². The molecule has 0 spiro atoms. The van der Waals surface area contributed by atoms with Gasteiger partial charge in [0.1, 0.15) is 5.82 Å². The maximum atomic E-state index is 5.58. The number of halogens is 1. The molecule has 0 unspecified atom stereocenters. The summed E-state index contributed by atoms with van der Waals surface area (Å²) in [6.07, 6.45) is 1.67. The highest BCUT2D eigenvalue weighted by atomic mass is 79.9. The Morgan fingerprint density at radius 1 is 1.31 bits per heavy atom. The zero-order valence-corrected chi connectivity index (χ0v) is 10.8. The number of hydrogen-bond donors (Lipinski definition) is 1. The first-order valence-corrected chi connectivity index (χ1v) is 6.48. The molecule has 0 saturated heterocycles. The lowest BCUT2D eigenvalue weighted by molar-refractivity contribution is 0.975. The van der Waals surface area contributed by atoms with Gasteiger partial charge in [0.25, 0.3) is 0 Å². The lowest BCUT2D eigenvalue weighted by Crippen LogP contribution is -1.93. The fourth-order valence-corrected chi connectivity index (χ4v) is 2.43. The summed E-state index contributed by atoms with van der Waals surface area (Å²) in [6.45, 7) is 0. The van der Waals surface area contributed by atoms with E-state index in [2.05, 4.69) is 38.0 Å². The highest BCUT2D eigenvalue weighted by molar-refractivity contribution is 9.10. The average molecular weight is 296 g/mol. The summed E-state index contributed by atoms with van der Waals surface area (Å²) in [5, 5.41) is 0.708. The molecule has 82 valence electrons. The van der Waals surface area contributed by atoms with Gasteiger partial charge in [-0.15, -0.1) is 0 Å². The summed E-state index contributed by atoms with van der Waals surface area (Å²) >= 11 is 5.01. The summed E-state index contributed by atoms with van der Waals surface area (Å²) in [7, 11) is 0. The SMILES string of the molecule is Nc1ccnc(SCc2cccc(Br)c2)n1. The first-order chi connectivity index (χ1) is 7.74. The first-order valence-electron chi connectivity index (χ1n) is 4.70. The Kier molecular flexibility index (Phi) is 3.79. The van der Waals surface area contributed by atoms with Crippen molar-refractivity contribution >= 4 is 33.5 Å². The van der Waals surface area contributed by atoms with Crippen LogP contribution in [0.1, 0.15) is 5.56 Å². The standard InChI is InChI=1S/C11H10BrN3S/c12-9-3-1-2-8(6-9)7-16-11-14-5-4-10(13)15-11/h1-6H,7H2,(H2,13,14,15). The van der Waals surface area contributed by atoms with Crippen LogP contribution in [0.4, 0.5) is 5.82 Å². The monoisotopic (exact) mass is 295 g/mol. The molecule has 16 heavy (non-hydrogen) atoms. The molecule has 2 rings (SSSR count). The van der Waals surface area contributed by atoms with Crippen molar-refractivity contribution in [3.05, 3.63) is 46.6 Å². The molecule has 0 radical (unpaired) electrons. The van der Waals surface area contributed by atoms with Gasteiger partial charge < -0.3 is 5.73 Å². The minimum Gasteiger partial charge on any atom is -0.384 e. The van der Waals surface area contributed by atoms with Crippen molar-refractivity contribution < 1.29 is 0 Å². The van der Waals surface area contributed by atoms with E-state index in [4.69, 9.17) is 5.73 Å². The molecule has 0 fully saturated rings. The molecule has 0 aliphatic heterocycles. The lowest BCUT2D eigenvalue weighted by Gasteiger charge is -2.01. The molecule has 5 heteroatoms. The van der Waals surface area contributed by atoms with Crippen LogP contribution >= 0.6 is 27.7 Å². The van der Waals surface area contributed by atoms with E-state index in [0.29, 0.717) is 11.0 Å². The lowest BCUT2D eigenvalue weighted by atomic mass is 10.2. The predicted molar refractivity (Wildman–Crippen MR) is 70.1 cm³/mol. The number of nitrogens with zero attached hydrogens (tertiary/aromatic N) is 2. The van der Waals surface area contributed by atoms with Crippen molar-refractivity contribution in [1.29, 1.82) is 0 Å². The van der Waals surface area contributed by atoms with Gasteiger partial charge in [0.05, 0.1) is 0 Å². The van der Waals surface area contributed by atoms with Crippen molar-refractivity contribution in [2.45, 2.75) is 10.9 Å². The number of aromatic nitrogens is 2. The van der Waals surface area contributed by atoms with Crippen LogP contribution in [0.5, 0.6) is 0 Å². The van der Waals surface area contributed by atoms with Crippen molar-refractivity contribution in [1.82, 2.24) is 9.97 Å². The van der Waals surface area contributed by atoms with Crippen LogP contribution in [0.25, 0.3) is 0 Å². The van der Waals surface area contributed by atoms with E-state index in [0.717, 1.165) is 10.2 Å². The Hall–Kier alpha value is -1.07. The normalized spacial score (nSPS) is 10.3. The minimum absolute atomic E-state index is 0.506. The topological polar surface area (TPSA) is 51.8 Å². The van der Waals surface area contributed by atoms with Gasteiger partial charge in [-0.25, -0.2) is 9.97 Å². The maximum Gasteiger partial charge on any atom is 0.189 e. The molecule has 0 aliphatic carbocycles. The molecular weight excluding hydrogens is 286 g/mol. The molecule has 2 aromatic rings. The van der Waals surface area contributed by atoms with Gasteiger partial charge in [-0.2, -0.15) is 0 Å². The smallest absolute Gasteiger partial charge is 0.189 e. The van der Waals surface area contributed by atoms with E-state index in [-0.39, 0.29) is 0 Å². The van der Waals surface area contributed by atoms with Crippen molar-refractivity contribution in [2.75, 3.05) is 5.73 Å². The van der Waals surface area contributed by atoms with E-state index in [9.17, 15) is 0 Å². The van der Waals surface area contributed by atoms with Gasteiger partial charge in [-0.05, 0) is 23.8 Å². The van der Waals surface area contributed by atoms with Crippen LogP contribution in [-0.2, 0) is 5.75 Å². The third-order valence-electron chi connectivity index (χ3n) is 1.91. The van der Waals surface area contributed by atoms with Crippen LogP contribution in [0.15, 0.2) is 46.2 Å². The zero-order valence-electron chi connectivity index (χ0n) is 8.43. The Labute approximate surface area is 107 Å². The molecule has 0 aliphatic rings. The second kappa shape index (κ2) is 5.32. The highest BCUT2D eigenvalue weighted by Crippen LogP contribution is 2.21. The third-order valence-corrected chi connectivity index (χ3v) is 3.34. The number of anilines is 1. The average Bonchev–Trinajstić information content (AvgIpc) is 2.27. The number of nitrogen functional groups attached to an aromatic ring is 1. The van der Waals surface area contributed by atoms with Crippen LogP contribution in [0, 0.1) is 0 Å². The minimum atomic E-state index is 0.506. The number of rotatable bonds is 3. The first kappa shape index (κ1) is 11.4. The highest BCUT2D eigenvalue weighted by Gasteiger charge is 2.00. The van der Waals surface area contributed by atoms with E-state index in [1.807, 2.05) is 12.1 Å². The molecule has 3 nitrogen and oxygen atoms in total. The molecule has 0 saturated carbocycles. The number of nitrogens with two attached hydrogens (primary N) is 1. The molecule has 2 N–H and O–H groups in total. The maximum absolute atomic E-state index is 5.58. The second-order valence-electron chi connectivity index (χ2n) is 3.18. The van der Waals surface area contributed by atoms with Crippen LogP contribution in [0.3, 0.4) is 0 Å². The van der Waals surface area contributed by atoms with E-state index in [1.165, 1.54) is 5.56 Å². The van der Waals surface area contributed by atoms with Crippen molar-refractivity contribution in [2.24, 2.45) is 0 Å². The second-order valence-corrected chi connectivity index (χ2v) is 5.04. The van der Waals surface area contributed by atoms with Gasteiger partial charge in [-0.1, -0.05) is 39.8 Å². The fourth-order valence-electron chi connectivity index (χ4n) is 1.20. The molecule has 1 aromatic carbocycles. The summed E-state index contributed by atoms with van der Waals surface area (Å²) in [5.74, 6) is 1.34. The molecule has 0 amide bonds. The van der Waals surface area contributed by atoms with E-state index in [1.54, 1.807) is 24.0 Å². The van der Waals surface area contributed by atoms with Crippen LogP contribution in [0.2, 0.25) is 0 Å². The number of thioether (sulfide) groups is 1. The van der Waals surface area contributed by atoms with Gasteiger partial charge in [0.15, 0.2) is 5.16 Å². The van der Waals surface area contributed by atoms with Gasteiger partial charge in [-0.3, -0.25) is 0 Å². The van der Waals surface area contributed by atoms with Crippen molar-refractivity contribution in [3.8, 4) is 0 Å². The van der Waals surface area contributed by atoms with Crippen molar-refractivity contribution in [3.63, 3.8) is 0 Å². The summed E-state index contributed by atoms with van der Waals surface area (Å²) in [4.78, 5) is 8.27. The molecule has 0 atom stereocenters. The summed E-state index contributed by atoms with van der Waals surface area (Å²) in [6, 6.07) is 9.86. The molecule has 1 heterocycles. The predicted octanol–water partition coefficient (Wildman–Crippen LogP) is 3.11. The number of hydrogen-bond acceptors (Lipinski definition) is 4.